The van der Waals surface area contributed by atoms with Crippen LogP contribution in [-0.2, 0) is 11.8 Å². The highest BCUT2D eigenvalue weighted by molar-refractivity contribution is 5.99. The first kappa shape index (κ1) is 15.3. The molecular formula is C19H17N3O3. The van der Waals surface area contributed by atoms with Gasteiger partial charge in [-0.15, -0.1) is 0 Å². The molecule has 1 aromatic heterocycles. The van der Waals surface area contributed by atoms with Gasteiger partial charge >= 0.3 is 0 Å². The molecule has 1 aliphatic heterocycles. The lowest BCUT2D eigenvalue weighted by molar-refractivity contribution is -0.130. The molecule has 1 N–H and O–H groups in total. The molecule has 6 heteroatoms. The number of carbonyl (C=O) groups is 1. The van der Waals surface area contributed by atoms with Crippen LogP contribution in [0.4, 0.5) is 0 Å². The molecule has 3 aromatic rings. The molecule has 0 fully saturated rings. The molecule has 0 aliphatic carbocycles. The topological polar surface area (TPSA) is 64.9 Å². The number of hydrogen-bond acceptors (Lipinski definition) is 4. The fourth-order valence-corrected chi connectivity index (χ4v) is 2.86. The third-order valence-corrected chi connectivity index (χ3v) is 4.11. The Morgan fingerprint density at radius 2 is 1.96 bits per heavy atom. The number of amides is 1. The van der Waals surface area contributed by atoms with Gasteiger partial charge < -0.3 is 14.0 Å². The summed E-state index contributed by atoms with van der Waals surface area (Å²) in [6.45, 7) is 0.159. The lowest BCUT2D eigenvalue weighted by Crippen LogP contribution is -2.42. The number of aromatic nitrogens is 1. The lowest BCUT2D eigenvalue weighted by atomic mass is 10.2. The second-order valence-corrected chi connectivity index (χ2v) is 5.81. The summed E-state index contributed by atoms with van der Waals surface area (Å²) in [6.07, 6.45) is 2.88. The quantitative estimate of drug-likeness (QED) is 0.591. The number of aryl methyl sites for hydroxylation is 1. The minimum absolute atomic E-state index is 0.159. The predicted octanol–water partition coefficient (Wildman–Crippen LogP) is 2.47. The van der Waals surface area contributed by atoms with E-state index in [9.17, 15) is 4.79 Å². The van der Waals surface area contributed by atoms with Crippen molar-refractivity contribution in [1.29, 1.82) is 0 Å². The number of nitrogens with zero attached hydrogens (tertiary/aromatic N) is 2. The Hall–Kier alpha value is -3.28. The van der Waals surface area contributed by atoms with E-state index in [1.54, 1.807) is 12.3 Å². The summed E-state index contributed by atoms with van der Waals surface area (Å²) in [4.78, 5) is 12.2. The largest absolute Gasteiger partial charge is 0.485 e. The van der Waals surface area contributed by atoms with Crippen molar-refractivity contribution in [1.82, 2.24) is 9.99 Å². The van der Waals surface area contributed by atoms with Crippen LogP contribution in [-0.4, -0.2) is 29.4 Å². The number of hydrazone groups is 1. The molecule has 4 rings (SSSR count). The highest BCUT2D eigenvalue weighted by Crippen LogP contribution is 2.30. The Bertz CT molecular complexity index is 961. The summed E-state index contributed by atoms with van der Waals surface area (Å²) in [5.74, 6) is 0.865. The fraction of sp³-hybridized carbons (Fsp3) is 0.158. The number of para-hydroxylation sites is 3. The van der Waals surface area contributed by atoms with Gasteiger partial charge in [-0.05, 0) is 18.2 Å². The van der Waals surface area contributed by atoms with E-state index >= 15 is 0 Å². The molecule has 126 valence electrons. The average Bonchev–Trinajstić information content (AvgIpc) is 2.97. The van der Waals surface area contributed by atoms with Gasteiger partial charge in [0.1, 0.15) is 6.61 Å². The van der Waals surface area contributed by atoms with E-state index in [0.29, 0.717) is 11.5 Å². The molecule has 0 unspecified atom stereocenters. The van der Waals surface area contributed by atoms with Crippen molar-refractivity contribution >= 4 is 23.0 Å². The van der Waals surface area contributed by atoms with Crippen molar-refractivity contribution in [2.24, 2.45) is 12.1 Å². The molecule has 1 amide bonds. The number of fused-ring (bicyclic) bond motifs is 2. The number of rotatable bonds is 3. The zero-order valence-corrected chi connectivity index (χ0v) is 13.7. The molecule has 0 spiro atoms. The molecule has 1 atom stereocenters. The van der Waals surface area contributed by atoms with Crippen LogP contribution in [0.1, 0.15) is 5.56 Å². The van der Waals surface area contributed by atoms with Crippen LogP contribution >= 0.6 is 0 Å². The molecule has 0 saturated carbocycles. The van der Waals surface area contributed by atoms with Crippen LogP contribution in [0.15, 0.2) is 59.8 Å². The van der Waals surface area contributed by atoms with Gasteiger partial charge in [-0.2, -0.15) is 5.10 Å². The van der Waals surface area contributed by atoms with Gasteiger partial charge in [0.2, 0.25) is 6.10 Å². The number of nitrogens with one attached hydrogen (secondary N) is 1. The van der Waals surface area contributed by atoms with E-state index in [1.807, 2.05) is 60.3 Å². The molecule has 0 radical (unpaired) electrons. The van der Waals surface area contributed by atoms with Crippen LogP contribution in [0.25, 0.3) is 10.9 Å². The molecule has 25 heavy (non-hydrogen) atoms. The van der Waals surface area contributed by atoms with E-state index in [4.69, 9.17) is 9.47 Å². The molecular weight excluding hydrogens is 318 g/mol. The standard InChI is InChI=1S/C19H17N3O3/c1-22-11-13(14-6-2-3-7-15(14)22)10-20-21-19(23)18-12-24-16-8-4-5-9-17(16)25-18/h2-11,18H,12H2,1H3,(H,21,23)/b20-10+/t18-/m1/s1. The first-order valence-corrected chi connectivity index (χ1v) is 7.98. The Morgan fingerprint density at radius 3 is 2.84 bits per heavy atom. The maximum absolute atomic E-state index is 12.2. The first-order chi connectivity index (χ1) is 12.2. The molecule has 0 bridgehead atoms. The number of benzene rings is 2. The van der Waals surface area contributed by atoms with Gasteiger partial charge in [-0.1, -0.05) is 30.3 Å². The highest BCUT2D eigenvalue weighted by atomic mass is 16.6. The smallest absolute Gasteiger partial charge is 0.284 e. The van der Waals surface area contributed by atoms with Gasteiger partial charge in [0.25, 0.3) is 5.91 Å². The Kier molecular flexibility index (Phi) is 3.85. The van der Waals surface area contributed by atoms with Gasteiger partial charge in [0.15, 0.2) is 11.5 Å². The predicted molar refractivity (Wildman–Crippen MR) is 95.0 cm³/mol. The van der Waals surface area contributed by atoms with Crippen molar-refractivity contribution < 1.29 is 14.3 Å². The summed E-state index contributed by atoms with van der Waals surface area (Å²) in [5, 5.41) is 5.14. The van der Waals surface area contributed by atoms with Crippen LogP contribution in [0.5, 0.6) is 11.5 Å². The van der Waals surface area contributed by atoms with Crippen LogP contribution in [0.3, 0.4) is 0 Å². The summed E-state index contributed by atoms with van der Waals surface area (Å²) in [5.41, 5.74) is 4.56. The number of ether oxygens (including phenoxy) is 2. The lowest BCUT2D eigenvalue weighted by Gasteiger charge is -2.24. The van der Waals surface area contributed by atoms with E-state index in [1.165, 1.54) is 0 Å². The second kappa shape index (κ2) is 6.32. The van der Waals surface area contributed by atoms with Crippen molar-refractivity contribution in [3.63, 3.8) is 0 Å². The number of carbonyl (C=O) groups excluding carboxylic acids is 1. The molecule has 1 aliphatic rings. The molecule has 6 nitrogen and oxygen atoms in total. The van der Waals surface area contributed by atoms with Crippen molar-refractivity contribution in [2.75, 3.05) is 6.61 Å². The molecule has 2 heterocycles. The van der Waals surface area contributed by atoms with Gasteiger partial charge in [-0.25, -0.2) is 5.43 Å². The third kappa shape index (κ3) is 2.94. The fourth-order valence-electron chi connectivity index (χ4n) is 2.86. The average molecular weight is 335 g/mol. The summed E-state index contributed by atoms with van der Waals surface area (Å²) < 4.78 is 13.2. The van der Waals surface area contributed by atoms with E-state index in [-0.39, 0.29) is 12.5 Å². The zero-order chi connectivity index (χ0) is 17.2. The zero-order valence-electron chi connectivity index (χ0n) is 13.7. The van der Waals surface area contributed by atoms with Crippen LogP contribution in [0.2, 0.25) is 0 Å². The normalized spacial score (nSPS) is 16.3. The first-order valence-electron chi connectivity index (χ1n) is 7.98. The molecule has 0 saturated heterocycles. The van der Waals surface area contributed by atoms with E-state index in [0.717, 1.165) is 16.5 Å². The summed E-state index contributed by atoms with van der Waals surface area (Å²) in [6, 6.07) is 15.3. The summed E-state index contributed by atoms with van der Waals surface area (Å²) in [7, 11) is 1.98. The van der Waals surface area contributed by atoms with Crippen LogP contribution < -0.4 is 14.9 Å². The van der Waals surface area contributed by atoms with Crippen molar-refractivity contribution in [2.45, 2.75) is 6.10 Å². The summed E-state index contributed by atoms with van der Waals surface area (Å²) >= 11 is 0. The van der Waals surface area contributed by atoms with Crippen LogP contribution in [0, 0.1) is 0 Å². The molecule has 2 aromatic carbocycles. The Balaban J connectivity index is 1.44. The highest BCUT2D eigenvalue weighted by Gasteiger charge is 2.26. The van der Waals surface area contributed by atoms with Crippen molar-refractivity contribution in [3.8, 4) is 11.5 Å². The van der Waals surface area contributed by atoms with Gasteiger partial charge in [0, 0.05) is 29.7 Å². The van der Waals surface area contributed by atoms with Crippen molar-refractivity contribution in [3.05, 3.63) is 60.3 Å². The Morgan fingerprint density at radius 1 is 1.20 bits per heavy atom. The minimum Gasteiger partial charge on any atom is -0.485 e. The second-order valence-electron chi connectivity index (χ2n) is 5.81. The maximum Gasteiger partial charge on any atom is 0.284 e. The van der Waals surface area contributed by atoms with Gasteiger partial charge in [-0.3, -0.25) is 4.79 Å². The van der Waals surface area contributed by atoms with E-state index in [2.05, 4.69) is 10.5 Å². The SMILES string of the molecule is Cn1cc(/C=N/NC(=O)[C@H]2COc3ccccc3O2)c2ccccc21. The van der Waals surface area contributed by atoms with Gasteiger partial charge in [0.05, 0.1) is 6.21 Å². The minimum atomic E-state index is -0.723. The monoisotopic (exact) mass is 335 g/mol. The maximum atomic E-state index is 12.2. The third-order valence-electron chi connectivity index (χ3n) is 4.11. The Labute approximate surface area is 144 Å². The van der Waals surface area contributed by atoms with E-state index < -0.39 is 6.10 Å². The number of hydrogen-bond donors (Lipinski definition) is 1.